The molecule has 1 aromatic carbocycles. The number of amides is 1. The smallest absolute Gasteiger partial charge is 0.408 e. The average Bonchev–Trinajstić information content (AvgIpc) is 2.54. The number of carbonyl (C=O) groups is 3. The maximum atomic E-state index is 12.1. The van der Waals surface area contributed by atoms with Gasteiger partial charge < -0.3 is 19.9 Å². The van der Waals surface area contributed by atoms with Crippen LogP contribution in [0, 0.1) is 5.41 Å². The van der Waals surface area contributed by atoms with E-state index in [-0.39, 0.29) is 31.5 Å². The highest BCUT2D eigenvalue weighted by molar-refractivity contribution is 5.82. The number of carbonyl (C=O) groups excluding carboxylic acids is 2. The highest BCUT2D eigenvalue weighted by Crippen LogP contribution is 2.14. The molecule has 25 heavy (non-hydrogen) atoms. The van der Waals surface area contributed by atoms with Crippen LogP contribution in [0.15, 0.2) is 30.3 Å². The Bertz CT molecular complexity index is 579. The first-order valence-electron chi connectivity index (χ1n) is 8.03. The SMILES string of the molecule is CC(C)(C)COC(=O)[C@H](CCC(=O)O)NC(=O)OCc1ccccc1. The first-order chi connectivity index (χ1) is 11.7. The second kappa shape index (κ2) is 9.66. The second-order valence-electron chi connectivity index (χ2n) is 6.86. The summed E-state index contributed by atoms with van der Waals surface area (Å²) < 4.78 is 10.2. The van der Waals surface area contributed by atoms with E-state index in [4.69, 9.17) is 14.6 Å². The first kappa shape index (κ1) is 20.5. The summed E-state index contributed by atoms with van der Waals surface area (Å²) in [4.78, 5) is 34.8. The van der Waals surface area contributed by atoms with E-state index in [1.807, 2.05) is 39.0 Å². The fourth-order valence-corrected chi connectivity index (χ4v) is 1.81. The number of hydrogen-bond donors (Lipinski definition) is 2. The van der Waals surface area contributed by atoms with Gasteiger partial charge in [0.25, 0.3) is 0 Å². The Hall–Kier alpha value is -2.57. The molecule has 0 aromatic heterocycles. The summed E-state index contributed by atoms with van der Waals surface area (Å²) >= 11 is 0. The highest BCUT2D eigenvalue weighted by Gasteiger charge is 2.25. The number of ether oxygens (including phenoxy) is 2. The maximum Gasteiger partial charge on any atom is 0.408 e. The summed E-state index contributed by atoms with van der Waals surface area (Å²) in [5, 5.41) is 11.2. The van der Waals surface area contributed by atoms with Gasteiger partial charge in [-0.15, -0.1) is 0 Å². The molecule has 0 saturated carbocycles. The molecule has 0 fully saturated rings. The Balaban J connectivity index is 2.57. The summed E-state index contributed by atoms with van der Waals surface area (Å²) in [6.45, 7) is 5.90. The van der Waals surface area contributed by atoms with Crippen LogP contribution in [0.3, 0.4) is 0 Å². The van der Waals surface area contributed by atoms with Crippen molar-refractivity contribution in [3.05, 3.63) is 35.9 Å². The van der Waals surface area contributed by atoms with Gasteiger partial charge in [-0.25, -0.2) is 9.59 Å². The fourth-order valence-electron chi connectivity index (χ4n) is 1.81. The standard InChI is InChI=1S/C18H25NO6/c1-18(2,3)12-25-16(22)14(9-10-15(20)21)19-17(23)24-11-13-7-5-4-6-8-13/h4-8,14H,9-12H2,1-3H3,(H,19,23)(H,20,21)/t14-/m0/s1. The third-order valence-electron chi connectivity index (χ3n) is 3.08. The maximum absolute atomic E-state index is 12.1. The van der Waals surface area contributed by atoms with E-state index < -0.39 is 24.1 Å². The Morgan fingerprint density at radius 3 is 2.32 bits per heavy atom. The van der Waals surface area contributed by atoms with Gasteiger partial charge in [-0.3, -0.25) is 4.79 Å². The predicted molar refractivity (Wildman–Crippen MR) is 90.8 cm³/mol. The molecule has 1 atom stereocenters. The van der Waals surface area contributed by atoms with Crippen molar-refractivity contribution in [1.29, 1.82) is 0 Å². The van der Waals surface area contributed by atoms with Gasteiger partial charge in [-0.1, -0.05) is 51.1 Å². The average molecular weight is 351 g/mol. The fraction of sp³-hybridized carbons (Fsp3) is 0.500. The molecular weight excluding hydrogens is 326 g/mol. The molecule has 0 unspecified atom stereocenters. The molecule has 0 aliphatic heterocycles. The Labute approximate surface area is 147 Å². The lowest BCUT2D eigenvalue weighted by atomic mass is 9.99. The van der Waals surface area contributed by atoms with Crippen LogP contribution in [-0.4, -0.2) is 35.8 Å². The van der Waals surface area contributed by atoms with Gasteiger partial charge in [-0.2, -0.15) is 0 Å². The molecule has 0 aliphatic rings. The zero-order chi connectivity index (χ0) is 18.9. The molecule has 1 amide bonds. The van der Waals surface area contributed by atoms with Crippen LogP contribution in [0.4, 0.5) is 4.79 Å². The van der Waals surface area contributed by atoms with Crippen LogP contribution >= 0.6 is 0 Å². The normalized spacial score (nSPS) is 12.1. The van der Waals surface area contributed by atoms with E-state index in [0.717, 1.165) is 5.56 Å². The summed E-state index contributed by atoms with van der Waals surface area (Å²) in [6, 6.07) is 8.00. The largest absolute Gasteiger partial charge is 0.481 e. The number of carboxylic acids is 1. The quantitative estimate of drug-likeness (QED) is 0.698. The minimum absolute atomic E-state index is 0.0510. The molecule has 138 valence electrons. The van der Waals surface area contributed by atoms with E-state index >= 15 is 0 Å². The van der Waals surface area contributed by atoms with Crippen molar-refractivity contribution in [2.45, 2.75) is 46.3 Å². The Morgan fingerprint density at radius 1 is 1.12 bits per heavy atom. The molecule has 0 aliphatic carbocycles. The van der Waals surface area contributed by atoms with Gasteiger partial charge in [0.15, 0.2) is 0 Å². The number of esters is 1. The predicted octanol–water partition coefficient (Wildman–Crippen LogP) is 2.74. The van der Waals surface area contributed by atoms with Crippen molar-refractivity contribution < 1.29 is 29.0 Å². The van der Waals surface area contributed by atoms with E-state index in [9.17, 15) is 14.4 Å². The van der Waals surface area contributed by atoms with Gasteiger partial charge in [0.2, 0.25) is 0 Å². The van der Waals surface area contributed by atoms with Gasteiger partial charge in [-0.05, 0) is 17.4 Å². The van der Waals surface area contributed by atoms with E-state index in [1.165, 1.54) is 0 Å². The molecule has 0 spiro atoms. The highest BCUT2D eigenvalue weighted by atomic mass is 16.6. The number of alkyl carbamates (subject to hydrolysis) is 1. The zero-order valence-corrected chi connectivity index (χ0v) is 14.8. The number of benzene rings is 1. The molecule has 7 heteroatoms. The lowest BCUT2D eigenvalue weighted by Gasteiger charge is -2.21. The van der Waals surface area contributed by atoms with Gasteiger partial charge >= 0.3 is 18.0 Å². The topological polar surface area (TPSA) is 102 Å². The monoisotopic (exact) mass is 351 g/mol. The number of nitrogens with one attached hydrogen (secondary N) is 1. The molecule has 0 heterocycles. The van der Waals surface area contributed by atoms with E-state index in [2.05, 4.69) is 5.32 Å². The summed E-state index contributed by atoms with van der Waals surface area (Å²) in [5.74, 6) is -1.74. The number of rotatable bonds is 8. The van der Waals surface area contributed by atoms with Crippen LogP contribution in [0.1, 0.15) is 39.2 Å². The Morgan fingerprint density at radius 2 is 1.76 bits per heavy atom. The van der Waals surface area contributed by atoms with Crippen molar-refractivity contribution >= 4 is 18.0 Å². The van der Waals surface area contributed by atoms with Crippen LogP contribution in [0.5, 0.6) is 0 Å². The van der Waals surface area contributed by atoms with Gasteiger partial charge in [0.1, 0.15) is 12.6 Å². The number of hydrogen-bond acceptors (Lipinski definition) is 5. The summed E-state index contributed by atoms with van der Waals surface area (Å²) in [7, 11) is 0. The Kier molecular flexibility index (Phi) is 7.91. The van der Waals surface area contributed by atoms with Crippen LogP contribution in [-0.2, 0) is 25.7 Å². The van der Waals surface area contributed by atoms with Crippen LogP contribution in [0.2, 0.25) is 0 Å². The van der Waals surface area contributed by atoms with Crippen LogP contribution in [0.25, 0.3) is 0 Å². The van der Waals surface area contributed by atoms with Gasteiger partial charge in [0.05, 0.1) is 6.61 Å². The zero-order valence-electron chi connectivity index (χ0n) is 14.8. The minimum Gasteiger partial charge on any atom is -0.481 e. The van der Waals surface area contributed by atoms with Crippen molar-refractivity contribution in [3.63, 3.8) is 0 Å². The molecule has 0 radical (unpaired) electrons. The third kappa shape index (κ3) is 9.34. The second-order valence-corrected chi connectivity index (χ2v) is 6.86. The number of aliphatic carboxylic acids is 1. The molecule has 2 N–H and O–H groups in total. The summed E-state index contributed by atoms with van der Waals surface area (Å²) in [5.41, 5.74) is 0.566. The van der Waals surface area contributed by atoms with Crippen molar-refractivity contribution in [1.82, 2.24) is 5.32 Å². The van der Waals surface area contributed by atoms with Crippen molar-refractivity contribution in [2.75, 3.05) is 6.61 Å². The van der Waals surface area contributed by atoms with E-state index in [1.54, 1.807) is 12.1 Å². The molecule has 1 aromatic rings. The molecule has 0 bridgehead atoms. The van der Waals surface area contributed by atoms with Gasteiger partial charge in [0, 0.05) is 6.42 Å². The molecular formula is C18H25NO6. The van der Waals surface area contributed by atoms with Crippen molar-refractivity contribution in [3.8, 4) is 0 Å². The van der Waals surface area contributed by atoms with Crippen LogP contribution < -0.4 is 5.32 Å². The molecule has 7 nitrogen and oxygen atoms in total. The lowest BCUT2D eigenvalue weighted by molar-refractivity contribution is -0.149. The molecule has 1 rings (SSSR count). The molecule has 0 saturated heterocycles. The minimum atomic E-state index is -1.07. The third-order valence-corrected chi connectivity index (χ3v) is 3.08. The lowest BCUT2D eigenvalue weighted by Crippen LogP contribution is -2.43. The summed E-state index contributed by atoms with van der Waals surface area (Å²) in [6.07, 6.45) is -1.14. The first-order valence-corrected chi connectivity index (χ1v) is 8.03. The number of carboxylic acid groups (broad SMARTS) is 1. The van der Waals surface area contributed by atoms with E-state index in [0.29, 0.717) is 0 Å². The van der Waals surface area contributed by atoms with Crippen molar-refractivity contribution in [2.24, 2.45) is 5.41 Å².